The zero-order chi connectivity index (χ0) is 11.8. The third-order valence-corrected chi connectivity index (χ3v) is 3.69. The molecule has 0 radical (unpaired) electrons. The van der Waals surface area contributed by atoms with E-state index in [1.807, 2.05) is 0 Å². The van der Waals surface area contributed by atoms with Crippen molar-refractivity contribution >= 4 is 35.7 Å². The fourth-order valence-electron chi connectivity index (χ4n) is 1.69. The van der Waals surface area contributed by atoms with Crippen molar-refractivity contribution in [1.82, 2.24) is 0 Å². The highest BCUT2D eigenvalue weighted by molar-refractivity contribution is 8.02. The van der Waals surface area contributed by atoms with Crippen molar-refractivity contribution < 1.29 is 14.7 Å². The van der Waals surface area contributed by atoms with E-state index < -0.39 is 16.5 Å². The highest BCUT2D eigenvalue weighted by Gasteiger charge is 2.51. The number of ketones is 2. The summed E-state index contributed by atoms with van der Waals surface area (Å²) in [6.07, 6.45) is 0. The van der Waals surface area contributed by atoms with Crippen LogP contribution in [0.4, 0.5) is 0 Å². The maximum absolute atomic E-state index is 11.9. The van der Waals surface area contributed by atoms with Gasteiger partial charge in [-0.2, -0.15) is 0 Å². The molecular formula is C11H12ClNO3S. The lowest BCUT2D eigenvalue weighted by atomic mass is 10.1. The Hall–Kier alpha value is -0.880. The van der Waals surface area contributed by atoms with Crippen molar-refractivity contribution in [2.75, 3.05) is 12.3 Å². The van der Waals surface area contributed by atoms with E-state index in [0.717, 1.165) is 11.8 Å². The number of hydrogen-bond acceptors (Lipinski definition) is 5. The van der Waals surface area contributed by atoms with Crippen LogP contribution in [0.25, 0.3) is 0 Å². The molecule has 1 aromatic rings. The van der Waals surface area contributed by atoms with Crippen molar-refractivity contribution in [3.05, 3.63) is 35.4 Å². The Labute approximate surface area is 109 Å². The van der Waals surface area contributed by atoms with Gasteiger partial charge in [0.1, 0.15) is 0 Å². The average Bonchev–Trinajstić information content (AvgIpc) is 2.51. The molecule has 0 amide bonds. The number of hydrogen-bond donors (Lipinski definition) is 2. The van der Waals surface area contributed by atoms with E-state index in [4.69, 9.17) is 5.73 Å². The van der Waals surface area contributed by atoms with Crippen LogP contribution >= 0.6 is 24.2 Å². The smallest absolute Gasteiger partial charge is 0.238 e. The van der Waals surface area contributed by atoms with Crippen molar-refractivity contribution in [2.24, 2.45) is 5.73 Å². The number of benzene rings is 1. The Morgan fingerprint density at radius 3 is 2.06 bits per heavy atom. The summed E-state index contributed by atoms with van der Waals surface area (Å²) in [5.41, 5.74) is 5.89. The van der Waals surface area contributed by atoms with Crippen LogP contribution in [0, 0.1) is 0 Å². The van der Waals surface area contributed by atoms with Gasteiger partial charge in [0.05, 0.1) is 0 Å². The van der Waals surface area contributed by atoms with Crippen LogP contribution in [0.1, 0.15) is 20.7 Å². The molecule has 0 saturated carbocycles. The van der Waals surface area contributed by atoms with E-state index in [1.54, 1.807) is 24.3 Å². The highest BCUT2D eigenvalue weighted by atomic mass is 35.5. The van der Waals surface area contributed by atoms with Gasteiger partial charge in [-0.1, -0.05) is 24.3 Å². The number of carbonyl (C=O) groups excluding carboxylic acids is 2. The van der Waals surface area contributed by atoms with Crippen LogP contribution in [0.3, 0.4) is 0 Å². The third-order valence-electron chi connectivity index (χ3n) is 2.46. The zero-order valence-corrected chi connectivity index (χ0v) is 10.5. The number of fused-ring (bicyclic) bond motifs is 1. The van der Waals surface area contributed by atoms with Crippen molar-refractivity contribution in [3.63, 3.8) is 0 Å². The quantitative estimate of drug-likeness (QED) is 0.631. The van der Waals surface area contributed by atoms with Gasteiger partial charge in [0, 0.05) is 23.4 Å². The monoisotopic (exact) mass is 273 g/mol. The van der Waals surface area contributed by atoms with Gasteiger partial charge >= 0.3 is 0 Å². The number of thioether (sulfide) groups is 1. The van der Waals surface area contributed by atoms with Crippen LogP contribution in [0.15, 0.2) is 24.3 Å². The van der Waals surface area contributed by atoms with Crippen LogP contribution in [-0.4, -0.2) is 33.9 Å². The van der Waals surface area contributed by atoms with E-state index in [0.29, 0.717) is 23.4 Å². The first-order valence-electron chi connectivity index (χ1n) is 4.86. The van der Waals surface area contributed by atoms with Crippen molar-refractivity contribution in [2.45, 2.75) is 4.93 Å². The lowest BCUT2D eigenvalue weighted by molar-refractivity contribution is 0.0591. The molecule has 6 heteroatoms. The van der Waals surface area contributed by atoms with Gasteiger partial charge in [0.2, 0.25) is 16.5 Å². The van der Waals surface area contributed by atoms with Crippen LogP contribution in [0.2, 0.25) is 0 Å². The lowest BCUT2D eigenvalue weighted by Crippen LogP contribution is -2.38. The number of halogens is 1. The van der Waals surface area contributed by atoms with E-state index in [-0.39, 0.29) is 12.4 Å². The average molecular weight is 274 g/mol. The predicted octanol–water partition coefficient (Wildman–Crippen LogP) is 0.868. The number of aliphatic hydroxyl groups is 1. The number of carbonyl (C=O) groups is 2. The fraction of sp³-hybridized carbons (Fsp3) is 0.273. The Balaban J connectivity index is 0.00000144. The van der Waals surface area contributed by atoms with Crippen molar-refractivity contribution in [3.8, 4) is 0 Å². The SMILES string of the molecule is Cl.NCCSC1(O)C(=O)c2ccccc2C1=O. The molecule has 0 heterocycles. The summed E-state index contributed by atoms with van der Waals surface area (Å²) in [5.74, 6) is -0.708. The van der Waals surface area contributed by atoms with Gasteiger partial charge in [0.15, 0.2) is 0 Å². The molecule has 4 nitrogen and oxygen atoms in total. The molecule has 0 unspecified atom stereocenters. The van der Waals surface area contributed by atoms with Gasteiger partial charge in [-0.25, -0.2) is 0 Å². The number of Topliss-reactive ketones (excluding diaryl/α,β-unsaturated/α-hetero) is 2. The van der Waals surface area contributed by atoms with Gasteiger partial charge < -0.3 is 10.8 Å². The Kier molecular flexibility index (Phi) is 4.32. The summed E-state index contributed by atoms with van der Waals surface area (Å²) in [6, 6.07) is 6.44. The molecule has 0 fully saturated rings. The second kappa shape index (κ2) is 5.18. The summed E-state index contributed by atoms with van der Waals surface area (Å²) < 4.78 is 0. The minimum Gasteiger partial charge on any atom is -0.366 e. The number of nitrogens with two attached hydrogens (primary N) is 1. The van der Waals surface area contributed by atoms with Crippen LogP contribution in [-0.2, 0) is 0 Å². The maximum atomic E-state index is 11.9. The molecule has 0 atom stereocenters. The molecule has 0 aromatic heterocycles. The minimum absolute atomic E-state index is 0. The van der Waals surface area contributed by atoms with E-state index >= 15 is 0 Å². The van der Waals surface area contributed by atoms with Gasteiger partial charge in [0.25, 0.3) is 0 Å². The fourth-order valence-corrected chi connectivity index (χ4v) is 2.58. The molecular weight excluding hydrogens is 262 g/mol. The summed E-state index contributed by atoms with van der Waals surface area (Å²) in [4.78, 5) is 21.8. The van der Waals surface area contributed by atoms with Crippen molar-refractivity contribution in [1.29, 1.82) is 0 Å². The molecule has 17 heavy (non-hydrogen) atoms. The maximum Gasteiger partial charge on any atom is 0.238 e. The Morgan fingerprint density at radius 2 is 1.65 bits per heavy atom. The molecule has 0 spiro atoms. The molecule has 92 valence electrons. The first-order valence-corrected chi connectivity index (χ1v) is 5.85. The lowest BCUT2D eigenvalue weighted by Gasteiger charge is -2.17. The van der Waals surface area contributed by atoms with Crippen LogP contribution in [0.5, 0.6) is 0 Å². The second-order valence-electron chi connectivity index (χ2n) is 3.48. The summed E-state index contributed by atoms with van der Waals surface area (Å²) in [7, 11) is 0. The molecule has 0 aliphatic heterocycles. The molecule has 2 rings (SSSR count). The van der Waals surface area contributed by atoms with E-state index in [9.17, 15) is 14.7 Å². The molecule has 3 N–H and O–H groups in total. The first kappa shape index (κ1) is 14.2. The molecule has 0 bridgehead atoms. The Bertz CT molecular complexity index is 429. The summed E-state index contributed by atoms with van der Waals surface area (Å²) in [5, 5.41) is 10.1. The summed E-state index contributed by atoms with van der Waals surface area (Å²) in [6.45, 7) is 0.309. The Morgan fingerprint density at radius 1 is 1.18 bits per heavy atom. The minimum atomic E-state index is -1.97. The van der Waals surface area contributed by atoms with Gasteiger partial charge in [-0.05, 0) is 0 Å². The van der Waals surface area contributed by atoms with Gasteiger partial charge in [-0.15, -0.1) is 24.2 Å². The normalized spacial score (nSPS) is 16.6. The number of rotatable bonds is 3. The molecule has 0 saturated heterocycles. The molecule has 1 aliphatic carbocycles. The standard InChI is InChI=1S/C11H11NO3S.ClH/c12-5-6-16-11(15)9(13)7-3-1-2-4-8(7)10(11)14;/h1-4,15H,5-6,12H2;1H. The van der Waals surface area contributed by atoms with E-state index in [2.05, 4.69) is 0 Å². The second-order valence-corrected chi connectivity index (χ2v) is 4.77. The predicted molar refractivity (Wildman–Crippen MR) is 68.8 cm³/mol. The van der Waals surface area contributed by atoms with E-state index in [1.165, 1.54) is 0 Å². The summed E-state index contributed by atoms with van der Waals surface area (Å²) >= 11 is 0.891. The molecule has 1 aliphatic rings. The molecule has 1 aromatic carbocycles. The third kappa shape index (κ3) is 2.11. The first-order chi connectivity index (χ1) is 7.61. The highest BCUT2D eigenvalue weighted by Crippen LogP contribution is 2.37. The van der Waals surface area contributed by atoms with Crippen LogP contribution < -0.4 is 5.73 Å². The largest absolute Gasteiger partial charge is 0.366 e. The van der Waals surface area contributed by atoms with Gasteiger partial charge in [-0.3, -0.25) is 9.59 Å². The zero-order valence-electron chi connectivity index (χ0n) is 8.88. The topological polar surface area (TPSA) is 80.4 Å².